The molecule has 128 valence electrons. The van der Waals surface area contributed by atoms with Gasteiger partial charge >= 0.3 is 0 Å². The van der Waals surface area contributed by atoms with Gasteiger partial charge < -0.3 is 0 Å². The lowest BCUT2D eigenvalue weighted by molar-refractivity contribution is -0.120. The topological polar surface area (TPSA) is 70.6 Å². The van der Waals surface area contributed by atoms with Crippen LogP contribution in [-0.4, -0.2) is 17.8 Å². The van der Waals surface area contributed by atoms with Crippen LogP contribution in [0.5, 0.6) is 0 Å². The molecule has 0 spiro atoms. The first-order valence-corrected chi connectivity index (χ1v) is 8.39. The van der Waals surface area contributed by atoms with Gasteiger partial charge in [0.05, 0.1) is 12.5 Å². The second-order valence-electron chi connectivity index (χ2n) is 6.16. The van der Waals surface area contributed by atoms with E-state index in [1.807, 2.05) is 43.3 Å². The number of aryl methyl sites for hydroxylation is 2. The number of nitrogens with one attached hydrogen (secondary N) is 2. The summed E-state index contributed by atoms with van der Waals surface area (Å²) >= 11 is 0. The number of aliphatic imine (C=N–C) groups is 1. The minimum Gasteiger partial charge on any atom is -0.296 e. The van der Waals surface area contributed by atoms with Crippen LogP contribution in [0.25, 0.3) is 0 Å². The molecule has 2 N–H and O–H groups in total. The molecule has 5 nitrogen and oxygen atoms in total. The van der Waals surface area contributed by atoms with E-state index in [-0.39, 0.29) is 30.2 Å². The lowest BCUT2D eigenvalue weighted by atomic mass is 10.0. The molecule has 1 unspecified atom stereocenters. The SMILES string of the molecule is CCc1ccc(C2CC(=O)NC(NC(=O)c3cccc(C)c3)=N2)cc1. The van der Waals surface area contributed by atoms with E-state index >= 15 is 0 Å². The van der Waals surface area contributed by atoms with Gasteiger partial charge in [-0.15, -0.1) is 0 Å². The molecule has 0 saturated heterocycles. The van der Waals surface area contributed by atoms with E-state index in [2.05, 4.69) is 22.5 Å². The monoisotopic (exact) mass is 335 g/mol. The Morgan fingerprint density at radius 2 is 2.00 bits per heavy atom. The Bertz CT molecular complexity index is 825. The highest BCUT2D eigenvalue weighted by Gasteiger charge is 2.23. The molecule has 2 aromatic rings. The molecule has 0 saturated carbocycles. The van der Waals surface area contributed by atoms with Crippen molar-refractivity contribution in [3.05, 3.63) is 70.8 Å². The van der Waals surface area contributed by atoms with Crippen LogP contribution in [0, 0.1) is 6.92 Å². The first-order valence-electron chi connectivity index (χ1n) is 8.39. The highest BCUT2D eigenvalue weighted by atomic mass is 16.2. The highest BCUT2D eigenvalue weighted by Crippen LogP contribution is 2.24. The Morgan fingerprint density at radius 3 is 2.68 bits per heavy atom. The summed E-state index contributed by atoms with van der Waals surface area (Å²) in [7, 11) is 0. The minimum atomic E-state index is -0.287. The molecule has 1 aliphatic rings. The van der Waals surface area contributed by atoms with E-state index in [1.54, 1.807) is 12.1 Å². The lowest BCUT2D eigenvalue weighted by Crippen LogP contribution is -2.47. The first kappa shape index (κ1) is 16.9. The van der Waals surface area contributed by atoms with Crippen molar-refractivity contribution in [1.29, 1.82) is 0 Å². The van der Waals surface area contributed by atoms with Crippen molar-refractivity contribution in [3.8, 4) is 0 Å². The van der Waals surface area contributed by atoms with E-state index in [9.17, 15) is 9.59 Å². The van der Waals surface area contributed by atoms with Gasteiger partial charge in [0.15, 0.2) is 0 Å². The molecule has 2 aromatic carbocycles. The predicted octanol–water partition coefficient (Wildman–Crippen LogP) is 2.90. The quantitative estimate of drug-likeness (QED) is 0.905. The number of hydrogen-bond donors (Lipinski definition) is 2. The number of carbonyl (C=O) groups is 2. The zero-order chi connectivity index (χ0) is 17.8. The Morgan fingerprint density at radius 1 is 1.24 bits per heavy atom. The van der Waals surface area contributed by atoms with Crippen LogP contribution in [0.4, 0.5) is 0 Å². The van der Waals surface area contributed by atoms with Crippen LogP contribution in [-0.2, 0) is 11.2 Å². The van der Waals surface area contributed by atoms with E-state index in [4.69, 9.17) is 0 Å². The van der Waals surface area contributed by atoms with Gasteiger partial charge in [-0.05, 0) is 36.6 Å². The Kier molecular flexibility index (Phi) is 4.93. The molecule has 0 aromatic heterocycles. The van der Waals surface area contributed by atoms with Gasteiger partial charge in [-0.1, -0.05) is 48.9 Å². The molecule has 0 bridgehead atoms. The van der Waals surface area contributed by atoms with Gasteiger partial charge in [0, 0.05) is 5.56 Å². The van der Waals surface area contributed by atoms with Crippen LogP contribution in [0.2, 0.25) is 0 Å². The van der Waals surface area contributed by atoms with Gasteiger partial charge in [0.25, 0.3) is 5.91 Å². The maximum absolute atomic E-state index is 12.4. The summed E-state index contributed by atoms with van der Waals surface area (Å²) in [6, 6.07) is 15.1. The molecular formula is C20H21N3O2. The molecule has 0 radical (unpaired) electrons. The fraction of sp³-hybridized carbons (Fsp3) is 0.250. The predicted molar refractivity (Wildman–Crippen MR) is 97.4 cm³/mol. The molecule has 1 atom stereocenters. The number of nitrogens with zero attached hydrogens (tertiary/aromatic N) is 1. The molecule has 2 amide bonds. The second-order valence-corrected chi connectivity index (χ2v) is 6.16. The smallest absolute Gasteiger partial charge is 0.257 e. The Balaban J connectivity index is 1.78. The number of benzene rings is 2. The van der Waals surface area contributed by atoms with Crippen molar-refractivity contribution in [2.45, 2.75) is 32.7 Å². The average molecular weight is 335 g/mol. The van der Waals surface area contributed by atoms with Crippen molar-refractivity contribution in [3.63, 3.8) is 0 Å². The van der Waals surface area contributed by atoms with Crippen molar-refractivity contribution >= 4 is 17.8 Å². The number of rotatable bonds is 3. The molecule has 3 rings (SSSR count). The second kappa shape index (κ2) is 7.30. The summed E-state index contributed by atoms with van der Waals surface area (Å²) in [4.78, 5) is 28.9. The van der Waals surface area contributed by atoms with Crippen molar-refractivity contribution in [2.24, 2.45) is 4.99 Å². The van der Waals surface area contributed by atoms with E-state index in [0.717, 1.165) is 17.5 Å². The summed E-state index contributed by atoms with van der Waals surface area (Å²) in [5, 5.41) is 5.33. The molecule has 0 aliphatic carbocycles. The number of carbonyl (C=O) groups excluding carboxylic acids is 2. The molecular weight excluding hydrogens is 314 g/mol. The van der Waals surface area contributed by atoms with Gasteiger partial charge in [-0.3, -0.25) is 20.2 Å². The molecule has 1 heterocycles. The maximum atomic E-state index is 12.4. The van der Waals surface area contributed by atoms with Crippen LogP contribution in [0.15, 0.2) is 53.5 Å². The van der Waals surface area contributed by atoms with E-state index in [1.165, 1.54) is 5.56 Å². The third-order valence-corrected chi connectivity index (χ3v) is 4.21. The standard InChI is InChI=1S/C20H21N3O2/c1-3-14-7-9-15(10-8-14)17-12-18(24)22-20(21-17)23-19(25)16-6-4-5-13(2)11-16/h4-11,17H,3,12H2,1-2H3,(H2,21,22,23,24,25). The van der Waals surface area contributed by atoms with Gasteiger partial charge in [-0.2, -0.15) is 0 Å². The summed E-state index contributed by atoms with van der Waals surface area (Å²) in [5.74, 6) is -0.240. The summed E-state index contributed by atoms with van der Waals surface area (Å²) in [6.45, 7) is 4.02. The van der Waals surface area contributed by atoms with Gasteiger partial charge in [-0.25, -0.2) is 4.99 Å². The van der Waals surface area contributed by atoms with Crippen LogP contribution in [0.3, 0.4) is 0 Å². The normalized spacial score (nSPS) is 16.8. The third kappa shape index (κ3) is 4.12. The minimum absolute atomic E-state index is 0.154. The molecule has 0 fully saturated rings. The van der Waals surface area contributed by atoms with Gasteiger partial charge in [0.1, 0.15) is 0 Å². The van der Waals surface area contributed by atoms with Crippen LogP contribution < -0.4 is 10.6 Å². The Hall–Kier alpha value is -2.95. The van der Waals surface area contributed by atoms with Crippen molar-refractivity contribution in [2.75, 3.05) is 0 Å². The van der Waals surface area contributed by atoms with Crippen LogP contribution in [0.1, 0.15) is 46.4 Å². The number of hydrogen-bond acceptors (Lipinski definition) is 3. The van der Waals surface area contributed by atoms with Crippen molar-refractivity contribution < 1.29 is 9.59 Å². The fourth-order valence-electron chi connectivity index (χ4n) is 2.79. The molecule has 5 heteroatoms. The maximum Gasteiger partial charge on any atom is 0.257 e. The zero-order valence-electron chi connectivity index (χ0n) is 14.4. The fourth-order valence-corrected chi connectivity index (χ4v) is 2.79. The molecule has 1 aliphatic heterocycles. The average Bonchev–Trinajstić information content (AvgIpc) is 2.61. The number of guanidine groups is 1. The summed E-state index contributed by atoms with van der Waals surface area (Å²) in [5.41, 5.74) is 3.73. The Labute approximate surface area is 147 Å². The van der Waals surface area contributed by atoms with Crippen LogP contribution >= 0.6 is 0 Å². The summed E-state index contributed by atoms with van der Waals surface area (Å²) < 4.78 is 0. The van der Waals surface area contributed by atoms with Crippen molar-refractivity contribution in [1.82, 2.24) is 10.6 Å². The van der Waals surface area contributed by atoms with E-state index in [0.29, 0.717) is 5.56 Å². The largest absolute Gasteiger partial charge is 0.296 e. The zero-order valence-corrected chi connectivity index (χ0v) is 14.4. The summed E-state index contributed by atoms with van der Waals surface area (Å²) in [6.07, 6.45) is 1.24. The third-order valence-electron chi connectivity index (χ3n) is 4.21. The first-order chi connectivity index (χ1) is 12.0. The molecule has 25 heavy (non-hydrogen) atoms. The number of amides is 2. The lowest BCUT2D eigenvalue weighted by Gasteiger charge is -2.21. The van der Waals surface area contributed by atoms with Gasteiger partial charge in [0.2, 0.25) is 11.9 Å². The van der Waals surface area contributed by atoms with E-state index < -0.39 is 0 Å². The highest BCUT2D eigenvalue weighted by molar-refractivity contribution is 6.10.